The predicted molar refractivity (Wildman–Crippen MR) is 44.5 cm³/mol. The molecule has 0 spiro atoms. The van der Waals surface area contributed by atoms with Gasteiger partial charge in [-0.25, -0.2) is 4.57 Å². The molecule has 0 aliphatic heterocycles. The molecule has 0 heterocycles. The number of hydrogen-bond donors (Lipinski definition) is 2. The molecule has 72 valence electrons. The maximum atomic E-state index is 10.5. The Bertz CT molecular complexity index is 180. The summed E-state index contributed by atoms with van der Waals surface area (Å²) < 4.78 is 15.0. The Morgan fingerprint density at radius 2 is 1.75 bits per heavy atom. The van der Waals surface area contributed by atoms with E-state index in [0.717, 1.165) is 25.7 Å². The molecule has 0 amide bonds. The van der Waals surface area contributed by atoms with Gasteiger partial charge in [-0.1, -0.05) is 6.92 Å². The molecule has 1 rings (SSSR count). The lowest BCUT2D eigenvalue weighted by atomic mass is 9.89. The minimum absolute atomic E-state index is 0.234. The van der Waals surface area contributed by atoms with Gasteiger partial charge >= 0.3 is 7.82 Å². The molecule has 2 N–H and O–H groups in total. The van der Waals surface area contributed by atoms with E-state index in [0.29, 0.717) is 5.92 Å². The molecular weight excluding hydrogens is 179 g/mol. The Balaban J connectivity index is 2.31. The van der Waals surface area contributed by atoms with E-state index in [-0.39, 0.29) is 6.10 Å². The fraction of sp³-hybridized carbons (Fsp3) is 1.00. The van der Waals surface area contributed by atoms with Crippen molar-refractivity contribution in [2.45, 2.75) is 38.7 Å². The SMILES string of the molecule is CC1CCC(OP(=O)(O)O)CC1. The Hall–Kier alpha value is 0.110. The lowest BCUT2D eigenvalue weighted by Gasteiger charge is -2.25. The van der Waals surface area contributed by atoms with Crippen LogP contribution < -0.4 is 0 Å². The third-order valence-corrected chi connectivity index (χ3v) is 2.82. The fourth-order valence-electron chi connectivity index (χ4n) is 1.53. The van der Waals surface area contributed by atoms with E-state index in [4.69, 9.17) is 9.79 Å². The maximum Gasteiger partial charge on any atom is 0.469 e. The standard InChI is InChI=1S/C7H15O4P/c1-6-2-4-7(5-3-6)11-12(8,9)10/h6-7H,2-5H2,1H3,(H2,8,9,10). The van der Waals surface area contributed by atoms with Crippen molar-refractivity contribution in [1.82, 2.24) is 0 Å². The van der Waals surface area contributed by atoms with Gasteiger partial charge in [-0.05, 0) is 31.6 Å². The Morgan fingerprint density at radius 3 is 2.17 bits per heavy atom. The first kappa shape index (κ1) is 10.2. The van der Waals surface area contributed by atoms with Crippen LogP contribution in [0.3, 0.4) is 0 Å². The molecule has 0 unspecified atom stereocenters. The Labute approximate surface area is 72.2 Å². The number of phosphoric ester groups is 1. The summed E-state index contributed by atoms with van der Waals surface area (Å²) >= 11 is 0. The lowest BCUT2D eigenvalue weighted by Crippen LogP contribution is -2.19. The van der Waals surface area contributed by atoms with Crippen LogP contribution in [0.5, 0.6) is 0 Å². The van der Waals surface area contributed by atoms with Crippen molar-refractivity contribution in [2.24, 2.45) is 5.92 Å². The van der Waals surface area contributed by atoms with E-state index >= 15 is 0 Å². The van der Waals surface area contributed by atoms with E-state index < -0.39 is 7.82 Å². The van der Waals surface area contributed by atoms with Crippen molar-refractivity contribution in [2.75, 3.05) is 0 Å². The zero-order valence-corrected chi connectivity index (χ0v) is 8.04. The highest BCUT2D eigenvalue weighted by molar-refractivity contribution is 7.46. The Morgan fingerprint density at radius 1 is 1.25 bits per heavy atom. The summed E-state index contributed by atoms with van der Waals surface area (Å²) in [6.07, 6.45) is 3.32. The molecule has 12 heavy (non-hydrogen) atoms. The smallest absolute Gasteiger partial charge is 0.303 e. The zero-order chi connectivity index (χ0) is 9.19. The van der Waals surface area contributed by atoms with Gasteiger partial charge in [0.25, 0.3) is 0 Å². The third-order valence-electron chi connectivity index (χ3n) is 2.25. The number of rotatable bonds is 2. The molecule has 1 aliphatic rings. The topological polar surface area (TPSA) is 66.8 Å². The molecule has 0 aromatic rings. The predicted octanol–water partition coefficient (Wildman–Crippen LogP) is 1.67. The van der Waals surface area contributed by atoms with Crippen LogP contribution in [-0.2, 0) is 9.09 Å². The average molecular weight is 194 g/mol. The first-order valence-corrected chi connectivity index (χ1v) is 5.74. The van der Waals surface area contributed by atoms with E-state index in [2.05, 4.69) is 11.4 Å². The largest absolute Gasteiger partial charge is 0.469 e. The fourth-order valence-corrected chi connectivity index (χ4v) is 2.13. The van der Waals surface area contributed by atoms with Crippen LogP contribution in [0, 0.1) is 5.92 Å². The number of hydrogen-bond acceptors (Lipinski definition) is 2. The highest BCUT2D eigenvalue weighted by Crippen LogP contribution is 2.41. The van der Waals surface area contributed by atoms with Crippen molar-refractivity contribution < 1.29 is 18.9 Å². The van der Waals surface area contributed by atoms with Gasteiger partial charge in [-0.2, -0.15) is 0 Å². The summed E-state index contributed by atoms with van der Waals surface area (Å²) in [7, 11) is -4.25. The van der Waals surface area contributed by atoms with Crippen LogP contribution in [0.4, 0.5) is 0 Å². The molecule has 5 heteroatoms. The van der Waals surface area contributed by atoms with Crippen molar-refractivity contribution in [1.29, 1.82) is 0 Å². The van der Waals surface area contributed by atoms with Gasteiger partial charge in [0.2, 0.25) is 0 Å². The molecule has 1 aliphatic carbocycles. The summed E-state index contributed by atoms with van der Waals surface area (Å²) in [5.41, 5.74) is 0. The monoisotopic (exact) mass is 194 g/mol. The second kappa shape index (κ2) is 3.88. The molecule has 4 nitrogen and oxygen atoms in total. The van der Waals surface area contributed by atoms with Crippen molar-refractivity contribution >= 4 is 7.82 Å². The first-order chi connectivity index (χ1) is 5.47. The summed E-state index contributed by atoms with van der Waals surface area (Å²) in [4.78, 5) is 17.0. The minimum Gasteiger partial charge on any atom is -0.303 e. The molecule has 0 bridgehead atoms. The summed E-state index contributed by atoms with van der Waals surface area (Å²) in [6.45, 7) is 2.15. The molecule has 1 fully saturated rings. The van der Waals surface area contributed by atoms with Crippen LogP contribution >= 0.6 is 7.82 Å². The number of phosphoric acid groups is 1. The third kappa shape index (κ3) is 3.68. The second-order valence-corrected chi connectivity index (χ2v) is 4.67. The van der Waals surface area contributed by atoms with Crippen LogP contribution in [0.25, 0.3) is 0 Å². The summed E-state index contributed by atoms with van der Waals surface area (Å²) in [5.74, 6) is 0.668. The Kier molecular flexibility index (Phi) is 3.29. The van der Waals surface area contributed by atoms with Crippen molar-refractivity contribution in [3.8, 4) is 0 Å². The molecule has 0 radical (unpaired) electrons. The van der Waals surface area contributed by atoms with Gasteiger partial charge in [0.05, 0.1) is 6.10 Å². The summed E-state index contributed by atoms with van der Waals surface area (Å²) in [6, 6.07) is 0. The van der Waals surface area contributed by atoms with Gasteiger partial charge in [-0.15, -0.1) is 0 Å². The zero-order valence-electron chi connectivity index (χ0n) is 7.14. The molecule has 1 saturated carbocycles. The van der Waals surface area contributed by atoms with E-state index in [1.54, 1.807) is 0 Å². The van der Waals surface area contributed by atoms with Crippen LogP contribution in [0.2, 0.25) is 0 Å². The highest BCUT2D eigenvalue weighted by Gasteiger charge is 2.25. The molecule has 0 aromatic carbocycles. The van der Waals surface area contributed by atoms with E-state index in [9.17, 15) is 4.57 Å². The van der Waals surface area contributed by atoms with Crippen LogP contribution in [-0.4, -0.2) is 15.9 Å². The van der Waals surface area contributed by atoms with E-state index in [1.165, 1.54) is 0 Å². The highest BCUT2D eigenvalue weighted by atomic mass is 31.2. The molecule has 0 aromatic heterocycles. The van der Waals surface area contributed by atoms with Gasteiger partial charge in [-0.3, -0.25) is 4.52 Å². The maximum absolute atomic E-state index is 10.5. The lowest BCUT2D eigenvalue weighted by molar-refractivity contribution is 0.0923. The van der Waals surface area contributed by atoms with Crippen LogP contribution in [0.1, 0.15) is 32.6 Å². The van der Waals surface area contributed by atoms with Crippen LogP contribution in [0.15, 0.2) is 0 Å². The quantitative estimate of drug-likeness (QED) is 0.656. The second-order valence-electron chi connectivity index (χ2n) is 3.48. The van der Waals surface area contributed by atoms with Crippen molar-refractivity contribution in [3.63, 3.8) is 0 Å². The van der Waals surface area contributed by atoms with Gasteiger partial charge in [0.1, 0.15) is 0 Å². The van der Waals surface area contributed by atoms with Gasteiger partial charge < -0.3 is 9.79 Å². The first-order valence-electron chi connectivity index (χ1n) is 4.21. The normalized spacial score (nSPS) is 31.9. The molecular formula is C7H15O4P. The van der Waals surface area contributed by atoms with E-state index in [1.807, 2.05) is 0 Å². The summed E-state index contributed by atoms with van der Waals surface area (Å²) in [5, 5.41) is 0. The molecule has 0 atom stereocenters. The molecule has 0 saturated heterocycles. The van der Waals surface area contributed by atoms with Gasteiger partial charge in [0, 0.05) is 0 Å². The average Bonchev–Trinajstić information content (AvgIpc) is 1.91. The van der Waals surface area contributed by atoms with Crippen molar-refractivity contribution in [3.05, 3.63) is 0 Å². The van der Waals surface area contributed by atoms with Gasteiger partial charge in [0.15, 0.2) is 0 Å². The minimum atomic E-state index is -4.25.